The second-order valence-corrected chi connectivity index (χ2v) is 6.14. The molecule has 0 spiro atoms. The maximum absolute atomic E-state index is 9.17. The van der Waals surface area contributed by atoms with Crippen LogP contribution in [0.15, 0.2) is 23.2 Å². The molecule has 0 saturated carbocycles. The van der Waals surface area contributed by atoms with Crippen molar-refractivity contribution >= 4 is 17.6 Å². The second kappa shape index (κ2) is 12.0. The van der Waals surface area contributed by atoms with E-state index in [1.165, 1.54) is 0 Å². The Morgan fingerprint density at radius 3 is 2.71 bits per heavy atom. The molecule has 1 unspecified atom stereocenters. The van der Waals surface area contributed by atoms with Crippen LogP contribution in [-0.2, 0) is 6.54 Å². The lowest BCUT2D eigenvalue weighted by Crippen LogP contribution is -2.40. The molecule has 0 fully saturated rings. The van der Waals surface area contributed by atoms with Gasteiger partial charge in [0.2, 0.25) is 0 Å². The van der Waals surface area contributed by atoms with Crippen molar-refractivity contribution < 1.29 is 9.84 Å². The third-order valence-electron chi connectivity index (χ3n) is 3.79. The molecule has 0 heterocycles. The van der Waals surface area contributed by atoms with Gasteiger partial charge in [-0.1, -0.05) is 31.0 Å². The molecule has 0 aliphatic heterocycles. The van der Waals surface area contributed by atoms with E-state index < -0.39 is 0 Å². The summed E-state index contributed by atoms with van der Waals surface area (Å²) in [5.41, 5.74) is 0.986. The highest BCUT2D eigenvalue weighted by Gasteiger charge is 2.09. The number of hydrogen-bond donors (Lipinski definition) is 3. The first-order chi connectivity index (χ1) is 11.6. The SMILES string of the molecule is CCCC(CCO)CNC(=NCc1ccc(Cl)cc1OC)NCC. The topological polar surface area (TPSA) is 65.9 Å². The summed E-state index contributed by atoms with van der Waals surface area (Å²) in [6, 6.07) is 5.57. The number of hydrogen-bond acceptors (Lipinski definition) is 3. The van der Waals surface area contributed by atoms with Crippen LogP contribution in [0.5, 0.6) is 5.75 Å². The number of aliphatic hydroxyl groups is 1. The molecular formula is C18H30ClN3O2. The van der Waals surface area contributed by atoms with Crippen LogP contribution >= 0.6 is 11.6 Å². The highest BCUT2D eigenvalue weighted by molar-refractivity contribution is 6.30. The minimum atomic E-state index is 0.224. The molecule has 0 amide bonds. The van der Waals surface area contributed by atoms with Gasteiger partial charge in [-0.3, -0.25) is 0 Å². The van der Waals surface area contributed by atoms with Gasteiger partial charge in [-0.2, -0.15) is 0 Å². The van der Waals surface area contributed by atoms with Crippen molar-refractivity contribution in [3.05, 3.63) is 28.8 Å². The van der Waals surface area contributed by atoms with E-state index in [-0.39, 0.29) is 6.61 Å². The molecule has 0 bridgehead atoms. The first-order valence-electron chi connectivity index (χ1n) is 8.60. The van der Waals surface area contributed by atoms with Crippen LogP contribution in [0, 0.1) is 5.92 Å². The highest BCUT2D eigenvalue weighted by Crippen LogP contribution is 2.23. The van der Waals surface area contributed by atoms with Crippen LogP contribution in [0.4, 0.5) is 0 Å². The molecular weight excluding hydrogens is 326 g/mol. The summed E-state index contributed by atoms with van der Waals surface area (Å²) < 4.78 is 5.36. The molecule has 6 heteroatoms. The monoisotopic (exact) mass is 355 g/mol. The minimum absolute atomic E-state index is 0.224. The van der Waals surface area contributed by atoms with E-state index in [0.29, 0.717) is 17.5 Å². The van der Waals surface area contributed by atoms with Crippen molar-refractivity contribution in [2.45, 2.75) is 39.7 Å². The molecule has 136 valence electrons. The van der Waals surface area contributed by atoms with E-state index in [1.54, 1.807) is 13.2 Å². The van der Waals surface area contributed by atoms with Crippen molar-refractivity contribution in [2.75, 3.05) is 26.8 Å². The van der Waals surface area contributed by atoms with E-state index in [0.717, 1.165) is 49.6 Å². The Kier molecular flexibility index (Phi) is 10.3. The van der Waals surface area contributed by atoms with E-state index in [2.05, 4.69) is 22.5 Å². The van der Waals surface area contributed by atoms with Gasteiger partial charge in [-0.05, 0) is 37.8 Å². The molecule has 5 nitrogen and oxygen atoms in total. The molecule has 3 N–H and O–H groups in total. The lowest BCUT2D eigenvalue weighted by molar-refractivity contribution is 0.251. The number of benzene rings is 1. The van der Waals surface area contributed by atoms with Crippen molar-refractivity contribution in [2.24, 2.45) is 10.9 Å². The van der Waals surface area contributed by atoms with E-state index in [1.807, 2.05) is 19.1 Å². The Balaban J connectivity index is 2.71. The predicted octanol–water partition coefficient (Wildman–Crippen LogP) is 3.20. The van der Waals surface area contributed by atoms with Gasteiger partial charge >= 0.3 is 0 Å². The molecule has 0 aliphatic carbocycles. The quantitative estimate of drug-likeness (QED) is 0.445. The van der Waals surface area contributed by atoms with Gasteiger partial charge in [0.25, 0.3) is 0 Å². The second-order valence-electron chi connectivity index (χ2n) is 5.70. The fraction of sp³-hybridized carbons (Fsp3) is 0.611. The van der Waals surface area contributed by atoms with Gasteiger partial charge in [0.05, 0.1) is 13.7 Å². The average molecular weight is 356 g/mol. The normalized spacial score (nSPS) is 12.8. The average Bonchev–Trinajstić information content (AvgIpc) is 2.58. The number of rotatable bonds is 10. The number of ether oxygens (including phenoxy) is 1. The molecule has 24 heavy (non-hydrogen) atoms. The fourth-order valence-electron chi connectivity index (χ4n) is 2.54. The minimum Gasteiger partial charge on any atom is -0.496 e. The third-order valence-corrected chi connectivity index (χ3v) is 4.03. The van der Waals surface area contributed by atoms with E-state index in [9.17, 15) is 0 Å². The molecule has 1 atom stereocenters. The lowest BCUT2D eigenvalue weighted by atomic mass is 10.0. The summed E-state index contributed by atoms with van der Waals surface area (Å²) in [7, 11) is 1.63. The van der Waals surface area contributed by atoms with Gasteiger partial charge in [-0.15, -0.1) is 0 Å². The number of methoxy groups -OCH3 is 1. The summed E-state index contributed by atoms with van der Waals surface area (Å²) in [5.74, 6) is 1.97. The number of nitrogens with zero attached hydrogens (tertiary/aromatic N) is 1. The van der Waals surface area contributed by atoms with Crippen molar-refractivity contribution in [1.29, 1.82) is 0 Å². The largest absolute Gasteiger partial charge is 0.496 e. The maximum atomic E-state index is 9.17. The van der Waals surface area contributed by atoms with E-state index in [4.69, 9.17) is 21.4 Å². The predicted molar refractivity (Wildman–Crippen MR) is 101 cm³/mol. The summed E-state index contributed by atoms with van der Waals surface area (Å²) in [4.78, 5) is 4.62. The van der Waals surface area contributed by atoms with Crippen molar-refractivity contribution in [1.82, 2.24) is 10.6 Å². The zero-order valence-electron chi connectivity index (χ0n) is 14.9. The summed E-state index contributed by atoms with van der Waals surface area (Å²) in [6.07, 6.45) is 3.02. The molecule has 0 aromatic heterocycles. The van der Waals surface area contributed by atoms with Crippen LogP contribution in [-0.4, -0.2) is 37.9 Å². The fourth-order valence-corrected chi connectivity index (χ4v) is 2.70. The summed E-state index contributed by atoms with van der Waals surface area (Å²) in [5, 5.41) is 16.4. The van der Waals surface area contributed by atoms with Gasteiger partial charge in [0.15, 0.2) is 5.96 Å². The van der Waals surface area contributed by atoms with E-state index >= 15 is 0 Å². The Hall–Kier alpha value is -1.46. The Morgan fingerprint density at radius 2 is 2.08 bits per heavy atom. The van der Waals surface area contributed by atoms with Gasteiger partial charge < -0.3 is 20.5 Å². The van der Waals surface area contributed by atoms with Crippen LogP contribution in [0.1, 0.15) is 38.7 Å². The van der Waals surface area contributed by atoms with Gasteiger partial charge in [0, 0.05) is 30.3 Å². The van der Waals surface area contributed by atoms with Crippen molar-refractivity contribution in [3.63, 3.8) is 0 Å². The Bertz CT molecular complexity index is 503. The Morgan fingerprint density at radius 1 is 1.29 bits per heavy atom. The van der Waals surface area contributed by atoms with Gasteiger partial charge in [-0.25, -0.2) is 4.99 Å². The molecule has 1 aromatic rings. The number of halogens is 1. The molecule has 0 saturated heterocycles. The first kappa shape index (κ1) is 20.6. The number of aliphatic imine (C=N–C) groups is 1. The smallest absolute Gasteiger partial charge is 0.191 e. The molecule has 0 radical (unpaired) electrons. The summed E-state index contributed by atoms with van der Waals surface area (Å²) >= 11 is 5.99. The number of aliphatic hydroxyl groups excluding tert-OH is 1. The van der Waals surface area contributed by atoms with Crippen molar-refractivity contribution in [3.8, 4) is 5.75 Å². The van der Waals surface area contributed by atoms with Crippen LogP contribution in [0.25, 0.3) is 0 Å². The molecule has 1 rings (SSSR count). The standard InChI is InChI=1S/C18H30ClN3O2/c1-4-6-14(9-10-23)12-21-18(20-5-2)22-13-15-7-8-16(19)11-17(15)24-3/h7-8,11,14,23H,4-6,9-10,12-13H2,1-3H3,(H2,20,21,22). The number of guanidine groups is 1. The third kappa shape index (κ3) is 7.41. The van der Waals surface area contributed by atoms with Crippen LogP contribution < -0.4 is 15.4 Å². The zero-order chi connectivity index (χ0) is 17.8. The lowest BCUT2D eigenvalue weighted by Gasteiger charge is -2.18. The first-order valence-corrected chi connectivity index (χ1v) is 8.97. The highest BCUT2D eigenvalue weighted by atomic mass is 35.5. The molecule has 0 aliphatic rings. The van der Waals surface area contributed by atoms with Crippen LogP contribution in [0.3, 0.4) is 0 Å². The zero-order valence-corrected chi connectivity index (χ0v) is 15.7. The summed E-state index contributed by atoms with van der Waals surface area (Å²) in [6.45, 7) is 6.53. The van der Waals surface area contributed by atoms with Gasteiger partial charge in [0.1, 0.15) is 5.75 Å². The Labute approximate surface area is 150 Å². The molecule has 1 aromatic carbocycles. The maximum Gasteiger partial charge on any atom is 0.191 e. The van der Waals surface area contributed by atoms with Crippen LogP contribution in [0.2, 0.25) is 5.02 Å². The number of nitrogens with one attached hydrogen (secondary N) is 2.